The number of hydrogen-bond donors (Lipinski definition) is 1. The number of nitrogens with zero attached hydrogens (tertiary/aromatic N) is 7. The Kier molecular flexibility index (Phi) is 6.13. The van der Waals surface area contributed by atoms with Crippen molar-refractivity contribution in [2.75, 3.05) is 4.72 Å². The van der Waals surface area contributed by atoms with Gasteiger partial charge in [-0.15, -0.1) is 10.2 Å². The SMILES string of the molecule is Cc1cnc([C@@H](C)[C@H](C)S(=O)(=O)Nc2nnc(-c3ccn(C)n3)n2-c2c(F)cccc2F)nc1. The molecular weight excluding hydrogens is 466 g/mol. The summed E-state index contributed by atoms with van der Waals surface area (Å²) in [5.41, 5.74) is 0.553. The molecule has 10 nitrogen and oxygen atoms in total. The van der Waals surface area contributed by atoms with Crippen molar-refractivity contribution in [3.8, 4) is 17.2 Å². The fourth-order valence-corrected chi connectivity index (χ4v) is 4.53. The topological polar surface area (TPSA) is 120 Å². The van der Waals surface area contributed by atoms with E-state index in [9.17, 15) is 17.2 Å². The van der Waals surface area contributed by atoms with Crippen LogP contribution in [0.4, 0.5) is 14.7 Å². The first-order valence-electron chi connectivity index (χ1n) is 10.3. The summed E-state index contributed by atoms with van der Waals surface area (Å²) in [4.78, 5) is 8.42. The standard InChI is InChI=1S/C21H22F2N8O2S/c1-12-10-24-19(25-11-12)13(2)14(3)34(32,33)29-21-27-26-20(17-8-9-30(4)28-17)31(21)18-15(22)6-5-7-16(18)23/h5-11,13-14H,1-4H3,(H,27,29)/t13-,14-/m0/s1. The van der Waals surface area contributed by atoms with Crippen LogP contribution in [0, 0.1) is 18.6 Å². The van der Waals surface area contributed by atoms with Gasteiger partial charge in [0.25, 0.3) is 0 Å². The van der Waals surface area contributed by atoms with Gasteiger partial charge in [0.2, 0.25) is 16.0 Å². The van der Waals surface area contributed by atoms with Crippen LogP contribution in [0.25, 0.3) is 17.2 Å². The summed E-state index contributed by atoms with van der Waals surface area (Å²) in [7, 11) is -2.45. The molecule has 0 aliphatic carbocycles. The first-order valence-corrected chi connectivity index (χ1v) is 11.8. The van der Waals surface area contributed by atoms with Crippen molar-refractivity contribution < 1.29 is 17.2 Å². The average Bonchev–Trinajstić information content (AvgIpc) is 3.39. The Morgan fingerprint density at radius 1 is 1.03 bits per heavy atom. The monoisotopic (exact) mass is 488 g/mol. The number of hydrogen-bond acceptors (Lipinski definition) is 7. The van der Waals surface area contributed by atoms with Crippen molar-refractivity contribution in [1.82, 2.24) is 34.5 Å². The normalized spacial score (nSPS) is 13.6. The van der Waals surface area contributed by atoms with Gasteiger partial charge in [-0.3, -0.25) is 14.0 Å². The van der Waals surface area contributed by atoms with Crippen LogP contribution >= 0.6 is 0 Å². The molecule has 0 bridgehead atoms. The number of nitrogens with one attached hydrogen (secondary N) is 1. The third kappa shape index (κ3) is 4.38. The summed E-state index contributed by atoms with van der Waals surface area (Å²) >= 11 is 0. The Hall–Kier alpha value is -3.74. The van der Waals surface area contributed by atoms with Crippen molar-refractivity contribution >= 4 is 16.0 Å². The molecule has 0 aliphatic heterocycles. The quantitative estimate of drug-likeness (QED) is 0.425. The van der Waals surface area contributed by atoms with E-state index >= 15 is 0 Å². The van der Waals surface area contributed by atoms with Crippen LogP contribution in [0.3, 0.4) is 0 Å². The molecule has 0 unspecified atom stereocenters. The van der Waals surface area contributed by atoms with Gasteiger partial charge >= 0.3 is 0 Å². The summed E-state index contributed by atoms with van der Waals surface area (Å²) in [6.45, 7) is 4.99. The number of aryl methyl sites for hydroxylation is 2. The van der Waals surface area contributed by atoms with Crippen LogP contribution in [-0.2, 0) is 17.1 Å². The maximum atomic E-state index is 14.7. The molecule has 0 saturated carbocycles. The van der Waals surface area contributed by atoms with E-state index in [1.807, 2.05) is 6.92 Å². The second-order valence-corrected chi connectivity index (χ2v) is 9.92. The van der Waals surface area contributed by atoms with Crippen LogP contribution in [0.15, 0.2) is 42.9 Å². The van der Waals surface area contributed by atoms with Crippen molar-refractivity contribution in [2.24, 2.45) is 7.05 Å². The minimum absolute atomic E-state index is 0.0372. The fourth-order valence-electron chi connectivity index (χ4n) is 3.30. The highest BCUT2D eigenvalue weighted by atomic mass is 32.2. The zero-order chi connectivity index (χ0) is 24.6. The number of halogens is 2. The minimum Gasteiger partial charge on any atom is -0.275 e. The number of aromatic nitrogens is 7. The van der Waals surface area contributed by atoms with Crippen molar-refractivity contribution in [2.45, 2.75) is 31.9 Å². The van der Waals surface area contributed by atoms with Crippen molar-refractivity contribution in [3.63, 3.8) is 0 Å². The molecule has 3 aromatic heterocycles. The van der Waals surface area contributed by atoms with Crippen molar-refractivity contribution in [3.05, 3.63) is 65.9 Å². The highest BCUT2D eigenvalue weighted by molar-refractivity contribution is 7.93. The number of rotatable bonds is 7. The smallest absolute Gasteiger partial charge is 0.243 e. The largest absolute Gasteiger partial charge is 0.275 e. The summed E-state index contributed by atoms with van der Waals surface area (Å²) in [5.74, 6) is -2.51. The van der Waals surface area contributed by atoms with E-state index in [4.69, 9.17) is 0 Å². The molecule has 4 aromatic rings. The van der Waals surface area contributed by atoms with E-state index in [1.165, 1.54) is 17.7 Å². The minimum atomic E-state index is -4.11. The van der Waals surface area contributed by atoms with Crippen LogP contribution in [0.2, 0.25) is 0 Å². The van der Waals surface area contributed by atoms with E-state index in [2.05, 4.69) is 30.0 Å². The Morgan fingerprint density at radius 3 is 2.26 bits per heavy atom. The van der Waals surface area contributed by atoms with Crippen LogP contribution in [0.1, 0.15) is 31.2 Å². The number of anilines is 1. The van der Waals surface area contributed by atoms with E-state index in [0.29, 0.717) is 5.82 Å². The second-order valence-electron chi connectivity index (χ2n) is 7.89. The molecule has 0 radical (unpaired) electrons. The third-order valence-electron chi connectivity index (χ3n) is 5.40. The lowest BCUT2D eigenvalue weighted by Crippen LogP contribution is -2.31. The van der Waals surface area contributed by atoms with E-state index in [1.54, 1.807) is 38.6 Å². The lowest BCUT2D eigenvalue weighted by atomic mass is 10.1. The lowest BCUT2D eigenvalue weighted by Gasteiger charge is -2.20. The van der Waals surface area contributed by atoms with Gasteiger partial charge in [0, 0.05) is 31.6 Å². The second kappa shape index (κ2) is 8.89. The summed E-state index contributed by atoms with van der Waals surface area (Å²) in [6, 6.07) is 4.88. The van der Waals surface area contributed by atoms with Crippen LogP contribution < -0.4 is 4.72 Å². The van der Waals surface area contributed by atoms with Gasteiger partial charge in [-0.05, 0) is 37.6 Å². The van der Waals surface area contributed by atoms with Gasteiger partial charge in [-0.2, -0.15) is 5.10 Å². The maximum absolute atomic E-state index is 14.7. The molecule has 3 heterocycles. The van der Waals surface area contributed by atoms with Crippen LogP contribution in [-0.4, -0.2) is 48.2 Å². The zero-order valence-electron chi connectivity index (χ0n) is 18.8. The molecular formula is C21H22F2N8O2S. The number of sulfonamides is 1. The summed E-state index contributed by atoms with van der Waals surface area (Å²) in [5, 5.41) is 11.0. The predicted octanol–water partition coefficient (Wildman–Crippen LogP) is 2.98. The summed E-state index contributed by atoms with van der Waals surface area (Å²) < 4.78 is 60.7. The highest BCUT2D eigenvalue weighted by Gasteiger charge is 2.32. The van der Waals surface area contributed by atoms with Gasteiger partial charge in [0.1, 0.15) is 28.8 Å². The maximum Gasteiger partial charge on any atom is 0.243 e. The predicted molar refractivity (Wildman–Crippen MR) is 121 cm³/mol. The molecule has 178 valence electrons. The average molecular weight is 489 g/mol. The van der Waals surface area contributed by atoms with Crippen molar-refractivity contribution in [1.29, 1.82) is 0 Å². The van der Waals surface area contributed by atoms with Gasteiger partial charge in [0.05, 0.1) is 5.25 Å². The molecule has 1 aromatic carbocycles. The van der Waals surface area contributed by atoms with E-state index < -0.39 is 38.5 Å². The Balaban J connectivity index is 1.77. The van der Waals surface area contributed by atoms with Crippen LogP contribution in [0.5, 0.6) is 0 Å². The Morgan fingerprint density at radius 2 is 1.68 bits per heavy atom. The molecule has 1 N–H and O–H groups in total. The molecule has 0 fully saturated rings. The third-order valence-corrected chi connectivity index (χ3v) is 7.26. The number of benzene rings is 1. The number of para-hydroxylation sites is 1. The first-order chi connectivity index (χ1) is 16.1. The molecule has 0 spiro atoms. The molecule has 0 aliphatic rings. The Bertz CT molecular complexity index is 1410. The molecule has 0 saturated heterocycles. The van der Waals surface area contributed by atoms with Gasteiger partial charge in [-0.25, -0.2) is 27.2 Å². The zero-order valence-corrected chi connectivity index (χ0v) is 19.6. The highest BCUT2D eigenvalue weighted by Crippen LogP contribution is 2.30. The van der Waals surface area contributed by atoms with Gasteiger partial charge in [-0.1, -0.05) is 13.0 Å². The van der Waals surface area contributed by atoms with E-state index in [-0.39, 0.29) is 17.5 Å². The molecule has 34 heavy (non-hydrogen) atoms. The molecule has 0 amide bonds. The summed E-state index contributed by atoms with van der Waals surface area (Å²) in [6.07, 6.45) is 4.81. The fraction of sp³-hybridized carbons (Fsp3) is 0.286. The van der Waals surface area contributed by atoms with Gasteiger partial charge in [0.15, 0.2) is 5.82 Å². The molecule has 2 atom stereocenters. The molecule has 13 heteroatoms. The van der Waals surface area contributed by atoms with Gasteiger partial charge < -0.3 is 0 Å². The lowest BCUT2D eigenvalue weighted by molar-refractivity contribution is 0.564. The van der Waals surface area contributed by atoms with E-state index in [0.717, 1.165) is 22.3 Å². The Labute approximate surface area is 194 Å². The molecule has 4 rings (SSSR count). The first kappa shape index (κ1) is 23.4.